The van der Waals surface area contributed by atoms with Gasteiger partial charge in [-0.15, -0.1) is 0 Å². The highest BCUT2D eigenvalue weighted by Crippen LogP contribution is 2.34. The van der Waals surface area contributed by atoms with Crippen molar-refractivity contribution in [2.24, 2.45) is 0 Å². The molecule has 1 aromatic carbocycles. The zero-order chi connectivity index (χ0) is 18.7. The zero-order valence-electron chi connectivity index (χ0n) is 13.8. The summed E-state index contributed by atoms with van der Waals surface area (Å²) >= 11 is 6.39. The number of nitrogens with zero attached hydrogens (tertiary/aromatic N) is 2. The van der Waals surface area contributed by atoms with Crippen molar-refractivity contribution >= 4 is 40.3 Å². The summed E-state index contributed by atoms with van der Waals surface area (Å²) in [4.78, 5) is 16.6. The molecule has 2 fully saturated rings. The molecule has 0 bridgehead atoms. The SMILES string of the molecule is O=C1/C(=C/c2cccc(C(F)(F)F)c2)SC(=S)N1CCN1CCOCC1. The maximum Gasteiger partial charge on any atom is 0.416 e. The van der Waals surface area contributed by atoms with Crippen LogP contribution in [0.3, 0.4) is 0 Å². The molecule has 2 aliphatic rings. The first kappa shape index (κ1) is 19.3. The molecule has 1 aromatic rings. The Morgan fingerprint density at radius 1 is 1.23 bits per heavy atom. The predicted octanol–water partition coefficient (Wildman–Crippen LogP) is 3.24. The van der Waals surface area contributed by atoms with Crippen molar-refractivity contribution in [1.29, 1.82) is 0 Å². The normalized spacial score (nSPS) is 21.0. The number of hydrogen-bond donors (Lipinski definition) is 0. The van der Waals surface area contributed by atoms with E-state index < -0.39 is 11.7 Å². The van der Waals surface area contributed by atoms with Gasteiger partial charge in [0.2, 0.25) is 0 Å². The zero-order valence-corrected chi connectivity index (χ0v) is 15.4. The Bertz CT molecular complexity index is 731. The van der Waals surface area contributed by atoms with E-state index in [0.29, 0.717) is 41.1 Å². The number of ether oxygens (including phenoxy) is 1. The molecule has 1 amide bonds. The maximum atomic E-state index is 12.8. The Balaban J connectivity index is 1.69. The second-order valence-corrected chi connectivity index (χ2v) is 7.59. The van der Waals surface area contributed by atoms with Gasteiger partial charge in [-0.25, -0.2) is 0 Å². The fourth-order valence-electron chi connectivity index (χ4n) is 2.72. The van der Waals surface area contributed by atoms with Gasteiger partial charge in [-0.05, 0) is 23.8 Å². The van der Waals surface area contributed by atoms with E-state index in [1.165, 1.54) is 23.1 Å². The lowest BCUT2D eigenvalue weighted by atomic mass is 10.1. The number of thioether (sulfide) groups is 1. The molecule has 4 nitrogen and oxygen atoms in total. The number of amides is 1. The standard InChI is InChI=1S/C17H17F3N2O2S2/c18-17(19,20)13-3-1-2-12(10-13)11-14-15(23)22(16(25)26-14)5-4-21-6-8-24-9-7-21/h1-3,10-11H,4-9H2/b14-11-. The molecule has 0 unspecified atom stereocenters. The molecule has 0 aromatic heterocycles. The number of halogens is 3. The van der Waals surface area contributed by atoms with Gasteiger partial charge in [0.25, 0.3) is 5.91 Å². The van der Waals surface area contributed by atoms with Crippen LogP contribution in [0.5, 0.6) is 0 Å². The Labute approximate surface area is 159 Å². The average Bonchev–Trinajstić information content (AvgIpc) is 2.87. The first-order chi connectivity index (χ1) is 12.3. The molecule has 0 N–H and O–H groups in total. The highest BCUT2D eigenvalue weighted by atomic mass is 32.2. The van der Waals surface area contributed by atoms with Crippen LogP contribution in [0.4, 0.5) is 13.2 Å². The van der Waals surface area contributed by atoms with Crippen LogP contribution in [-0.4, -0.2) is 59.4 Å². The second kappa shape index (κ2) is 8.08. The van der Waals surface area contributed by atoms with Gasteiger partial charge in [0, 0.05) is 26.2 Å². The van der Waals surface area contributed by atoms with Crippen molar-refractivity contribution in [3.05, 3.63) is 40.3 Å². The molecule has 0 radical (unpaired) electrons. The number of rotatable bonds is 4. The molecule has 0 saturated carbocycles. The molecule has 140 valence electrons. The van der Waals surface area contributed by atoms with Gasteiger partial charge in [-0.3, -0.25) is 14.6 Å². The Hall–Kier alpha value is -1.42. The third-order valence-corrected chi connectivity index (χ3v) is 5.51. The number of hydrogen-bond acceptors (Lipinski definition) is 5. The first-order valence-corrected chi connectivity index (χ1v) is 9.30. The maximum absolute atomic E-state index is 12.8. The molecule has 3 rings (SSSR count). The van der Waals surface area contributed by atoms with E-state index in [9.17, 15) is 18.0 Å². The second-order valence-electron chi connectivity index (χ2n) is 5.91. The van der Waals surface area contributed by atoms with Crippen LogP contribution < -0.4 is 0 Å². The molecule has 0 spiro atoms. The van der Waals surface area contributed by atoms with E-state index >= 15 is 0 Å². The molecule has 2 aliphatic heterocycles. The summed E-state index contributed by atoms with van der Waals surface area (Å²) in [6.45, 7) is 4.13. The van der Waals surface area contributed by atoms with Crippen LogP contribution in [0.2, 0.25) is 0 Å². The van der Waals surface area contributed by atoms with Crippen molar-refractivity contribution in [2.45, 2.75) is 6.18 Å². The van der Waals surface area contributed by atoms with E-state index in [1.807, 2.05) is 0 Å². The third-order valence-electron chi connectivity index (χ3n) is 4.13. The molecule has 2 heterocycles. The number of carbonyl (C=O) groups excluding carboxylic acids is 1. The molecular weight excluding hydrogens is 385 g/mol. The minimum atomic E-state index is -4.42. The van der Waals surface area contributed by atoms with Gasteiger partial charge in [-0.1, -0.05) is 36.1 Å². The summed E-state index contributed by atoms with van der Waals surface area (Å²) in [6.07, 6.45) is -2.95. The first-order valence-electron chi connectivity index (χ1n) is 8.07. The van der Waals surface area contributed by atoms with E-state index in [-0.39, 0.29) is 5.91 Å². The van der Waals surface area contributed by atoms with Crippen molar-refractivity contribution < 1.29 is 22.7 Å². The van der Waals surface area contributed by atoms with E-state index in [1.54, 1.807) is 0 Å². The topological polar surface area (TPSA) is 32.8 Å². The fraction of sp³-hybridized carbons (Fsp3) is 0.412. The van der Waals surface area contributed by atoms with Crippen molar-refractivity contribution in [1.82, 2.24) is 9.80 Å². The number of morpholine rings is 1. The summed E-state index contributed by atoms with van der Waals surface area (Å²) < 4.78 is 44.2. The van der Waals surface area contributed by atoms with E-state index in [4.69, 9.17) is 17.0 Å². The van der Waals surface area contributed by atoms with Crippen molar-refractivity contribution in [3.8, 4) is 0 Å². The molecule has 9 heteroatoms. The van der Waals surface area contributed by atoms with Crippen LogP contribution in [0.25, 0.3) is 6.08 Å². The molecule has 2 saturated heterocycles. The van der Waals surface area contributed by atoms with Crippen LogP contribution in [0.1, 0.15) is 11.1 Å². The van der Waals surface area contributed by atoms with Gasteiger partial charge in [-0.2, -0.15) is 13.2 Å². The van der Waals surface area contributed by atoms with Crippen molar-refractivity contribution in [3.63, 3.8) is 0 Å². The molecule has 0 aliphatic carbocycles. The summed E-state index contributed by atoms with van der Waals surface area (Å²) in [7, 11) is 0. The molecule has 0 atom stereocenters. The lowest BCUT2D eigenvalue weighted by Crippen LogP contribution is -2.42. The quantitative estimate of drug-likeness (QED) is 0.570. The lowest BCUT2D eigenvalue weighted by molar-refractivity contribution is -0.137. The predicted molar refractivity (Wildman–Crippen MR) is 98.6 cm³/mol. The average molecular weight is 402 g/mol. The largest absolute Gasteiger partial charge is 0.416 e. The van der Waals surface area contributed by atoms with Crippen LogP contribution in [-0.2, 0) is 15.7 Å². The lowest BCUT2D eigenvalue weighted by Gasteiger charge is -2.28. The summed E-state index contributed by atoms with van der Waals surface area (Å²) in [5.41, 5.74) is -0.414. The number of benzene rings is 1. The van der Waals surface area contributed by atoms with Gasteiger partial charge >= 0.3 is 6.18 Å². The Kier molecular flexibility index (Phi) is 6.01. The highest BCUT2D eigenvalue weighted by Gasteiger charge is 2.33. The van der Waals surface area contributed by atoms with Crippen LogP contribution >= 0.6 is 24.0 Å². The molecule has 26 heavy (non-hydrogen) atoms. The van der Waals surface area contributed by atoms with Crippen LogP contribution in [0, 0.1) is 0 Å². The van der Waals surface area contributed by atoms with Gasteiger partial charge in [0.1, 0.15) is 4.32 Å². The smallest absolute Gasteiger partial charge is 0.379 e. The van der Waals surface area contributed by atoms with E-state index in [0.717, 1.165) is 37.0 Å². The van der Waals surface area contributed by atoms with Crippen LogP contribution in [0.15, 0.2) is 29.2 Å². The summed E-state index contributed by atoms with van der Waals surface area (Å²) in [6, 6.07) is 4.90. The number of carbonyl (C=O) groups is 1. The Morgan fingerprint density at radius 2 is 1.96 bits per heavy atom. The van der Waals surface area contributed by atoms with Gasteiger partial charge in [0.05, 0.1) is 23.7 Å². The van der Waals surface area contributed by atoms with E-state index in [2.05, 4.69) is 4.90 Å². The van der Waals surface area contributed by atoms with Crippen molar-refractivity contribution in [2.75, 3.05) is 39.4 Å². The summed E-state index contributed by atoms with van der Waals surface area (Å²) in [5.74, 6) is -0.259. The monoisotopic (exact) mass is 402 g/mol. The van der Waals surface area contributed by atoms with Gasteiger partial charge in [0.15, 0.2) is 0 Å². The number of thiocarbonyl (C=S) groups is 1. The minimum absolute atomic E-state index is 0.259. The highest BCUT2D eigenvalue weighted by molar-refractivity contribution is 8.26. The molecular formula is C17H17F3N2O2S2. The fourth-order valence-corrected chi connectivity index (χ4v) is 4.02. The Morgan fingerprint density at radius 3 is 2.65 bits per heavy atom. The number of alkyl halides is 3. The third kappa shape index (κ3) is 4.64. The summed E-state index contributed by atoms with van der Waals surface area (Å²) in [5, 5.41) is 0. The van der Waals surface area contributed by atoms with Gasteiger partial charge < -0.3 is 4.74 Å². The minimum Gasteiger partial charge on any atom is -0.379 e.